The van der Waals surface area contributed by atoms with E-state index in [0.29, 0.717) is 17.8 Å². The number of nitrogens with one attached hydrogen (secondary N) is 1. The fraction of sp³-hybridized carbons (Fsp3) is 0.389. The number of nitriles is 1. The number of rotatable bonds is 1. The summed E-state index contributed by atoms with van der Waals surface area (Å²) in [4.78, 5) is 2.17. The molecule has 1 N–H and O–H groups in total. The van der Waals surface area contributed by atoms with E-state index in [4.69, 9.17) is 5.10 Å². The van der Waals surface area contributed by atoms with E-state index in [1.807, 2.05) is 6.07 Å². The Kier molecular flexibility index (Phi) is 3.27. The van der Waals surface area contributed by atoms with Gasteiger partial charge >= 0.3 is 0 Å². The predicted molar refractivity (Wildman–Crippen MR) is 93.3 cm³/mol. The molecule has 0 fully saturated rings. The molecule has 5 heterocycles. The molecule has 2 aliphatic rings. The highest BCUT2D eigenvalue weighted by Crippen LogP contribution is 2.33. The van der Waals surface area contributed by atoms with E-state index < -0.39 is 5.82 Å². The summed E-state index contributed by atoms with van der Waals surface area (Å²) in [5, 5.41) is 21.5. The van der Waals surface area contributed by atoms with Crippen LogP contribution in [0.15, 0.2) is 18.3 Å². The first kappa shape index (κ1) is 15.3. The summed E-state index contributed by atoms with van der Waals surface area (Å²) in [6.45, 7) is 5.31. The molecular formula is C18H18FN7. The molecule has 0 amide bonds. The van der Waals surface area contributed by atoms with Gasteiger partial charge in [-0.2, -0.15) is 15.5 Å². The predicted octanol–water partition coefficient (Wildman–Crippen LogP) is 1.77. The van der Waals surface area contributed by atoms with Crippen LogP contribution in [0.2, 0.25) is 0 Å². The van der Waals surface area contributed by atoms with Crippen LogP contribution in [0.5, 0.6) is 0 Å². The van der Waals surface area contributed by atoms with Crippen LogP contribution in [0.1, 0.15) is 35.6 Å². The minimum absolute atomic E-state index is 0.186. The van der Waals surface area contributed by atoms with Crippen molar-refractivity contribution < 1.29 is 4.39 Å². The average Bonchev–Trinajstić information content (AvgIpc) is 3.23. The standard InChI is InChI=1S/C18H18FN7/c1-11-9-24(10-17-13-4-5-21-8-15(13)23-25(11)17)16-3-2-12(6-20)26-18(16)14(19)7-22-26/h2-3,7,11,21H,4-5,8-10H2,1H3/t11-/m0/s1. The van der Waals surface area contributed by atoms with Crippen molar-refractivity contribution in [2.75, 3.05) is 18.0 Å². The highest BCUT2D eigenvalue weighted by atomic mass is 19.1. The normalized spacial score (nSPS) is 19.3. The largest absolute Gasteiger partial charge is 0.362 e. The van der Waals surface area contributed by atoms with Crippen molar-refractivity contribution in [2.45, 2.75) is 32.5 Å². The maximum absolute atomic E-state index is 14.4. The van der Waals surface area contributed by atoms with Crippen molar-refractivity contribution in [1.82, 2.24) is 24.7 Å². The van der Waals surface area contributed by atoms with Crippen LogP contribution in [0.25, 0.3) is 5.52 Å². The number of nitrogens with zero attached hydrogens (tertiary/aromatic N) is 6. The van der Waals surface area contributed by atoms with E-state index >= 15 is 0 Å². The third-order valence-electron chi connectivity index (χ3n) is 5.34. The number of pyridine rings is 1. The molecule has 3 aromatic rings. The van der Waals surface area contributed by atoms with Crippen molar-refractivity contribution in [1.29, 1.82) is 5.26 Å². The zero-order valence-corrected chi connectivity index (χ0v) is 14.4. The van der Waals surface area contributed by atoms with E-state index in [9.17, 15) is 9.65 Å². The Bertz CT molecular complexity index is 1060. The van der Waals surface area contributed by atoms with Crippen LogP contribution in [-0.4, -0.2) is 32.5 Å². The number of hydrogen-bond acceptors (Lipinski definition) is 5. The van der Waals surface area contributed by atoms with Gasteiger partial charge in [-0.25, -0.2) is 8.91 Å². The summed E-state index contributed by atoms with van der Waals surface area (Å²) in [6.07, 6.45) is 2.14. The van der Waals surface area contributed by atoms with Crippen LogP contribution < -0.4 is 10.2 Å². The highest BCUT2D eigenvalue weighted by Gasteiger charge is 2.30. The zero-order valence-electron chi connectivity index (χ0n) is 14.4. The lowest BCUT2D eigenvalue weighted by Gasteiger charge is -2.34. The molecule has 0 unspecified atom stereocenters. The zero-order chi connectivity index (χ0) is 17.8. The molecule has 1 atom stereocenters. The van der Waals surface area contributed by atoms with Crippen molar-refractivity contribution in [3.8, 4) is 6.07 Å². The average molecular weight is 351 g/mol. The summed E-state index contributed by atoms with van der Waals surface area (Å²) >= 11 is 0. The fourth-order valence-electron chi connectivity index (χ4n) is 4.15. The molecule has 0 saturated carbocycles. The number of fused-ring (bicyclic) bond motifs is 4. The van der Waals surface area contributed by atoms with Crippen LogP contribution in [0.4, 0.5) is 10.1 Å². The molecule has 0 spiro atoms. The SMILES string of the molecule is C[C@H]1CN(c2ccc(C#N)n3ncc(F)c23)Cc2c3c(nn21)CNCC3. The van der Waals surface area contributed by atoms with E-state index in [1.54, 1.807) is 6.07 Å². The summed E-state index contributed by atoms with van der Waals surface area (Å²) in [5.74, 6) is -0.407. The van der Waals surface area contributed by atoms with Gasteiger partial charge in [-0.3, -0.25) is 4.68 Å². The molecule has 0 saturated heterocycles. The third kappa shape index (κ3) is 2.07. The van der Waals surface area contributed by atoms with Crippen molar-refractivity contribution >= 4 is 11.2 Å². The van der Waals surface area contributed by atoms with Gasteiger partial charge in [0.2, 0.25) is 0 Å². The molecule has 8 heteroatoms. The Labute approximate surface area is 149 Å². The summed E-state index contributed by atoms with van der Waals surface area (Å²) in [6, 6.07) is 5.78. The van der Waals surface area contributed by atoms with Gasteiger partial charge in [0.25, 0.3) is 0 Å². The number of aromatic nitrogens is 4. The van der Waals surface area contributed by atoms with Gasteiger partial charge in [-0.1, -0.05) is 0 Å². The lowest BCUT2D eigenvalue weighted by Crippen LogP contribution is -2.37. The second-order valence-corrected chi connectivity index (χ2v) is 6.94. The lowest BCUT2D eigenvalue weighted by atomic mass is 10.0. The van der Waals surface area contributed by atoms with Crippen LogP contribution in [0.3, 0.4) is 0 Å². The number of anilines is 1. The number of hydrogen-bond donors (Lipinski definition) is 1. The first-order chi connectivity index (χ1) is 12.7. The second kappa shape index (κ2) is 5.54. The van der Waals surface area contributed by atoms with Crippen molar-refractivity contribution in [3.63, 3.8) is 0 Å². The second-order valence-electron chi connectivity index (χ2n) is 6.94. The topological polar surface area (TPSA) is 74.2 Å². The maximum atomic E-state index is 14.4. The van der Waals surface area contributed by atoms with Crippen LogP contribution in [0, 0.1) is 17.1 Å². The van der Waals surface area contributed by atoms with Gasteiger partial charge in [0.15, 0.2) is 5.82 Å². The highest BCUT2D eigenvalue weighted by molar-refractivity contribution is 5.75. The summed E-state index contributed by atoms with van der Waals surface area (Å²) < 4.78 is 18.0. The molecule has 0 bridgehead atoms. The minimum atomic E-state index is -0.407. The molecule has 0 aromatic carbocycles. The van der Waals surface area contributed by atoms with Gasteiger partial charge in [-0.05, 0) is 32.0 Å². The van der Waals surface area contributed by atoms with Crippen molar-refractivity contribution in [2.24, 2.45) is 0 Å². The van der Waals surface area contributed by atoms with Gasteiger partial charge in [-0.15, -0.1) is 0 Å². The molecular weight excluding hydrogens is 333 g/mol. The summed E-state index contributed by atoms with van der Waals surface area (Å²) in [5.41, 5.74) is 5.11. The molecule has 132 valence electrons. The van der Waals surface area contributed by atoms with Gasteiger partial charge in [0, 0.05) is 18.7 Å². The molecule has 7 nitrogen and oxygen atoms in total. The van der Waals surface area contributed by atoms with E-state index in [2.05, 4.69) is 33.0 Å². The van der Waals surface area contributed by atoms with E-state index in [1.165, 1.54) is 22.0 Å². The Morgan fingerprint density at radius 3 is 3.12 bits per heavy atom. The molecule has 26 heavy (non-hydrogen) atoms. The maximum Gasteiger partial charge on any atom is 0.171 e. The van der Waals surface area contributed by atoms with E-state index in [-0.39, 0.29) is 6.04 Å². The first-order valence-corrected chi connectivity index (χ1v) is 8.78. The van der Waals surface area contributed by atoms with Gasteiger partial charge < -0.3 is 10.2 Å². The van der Waals surface area contributed by atoms with Gasteiger partial charge in [0.05, 0.1) is 35.9 Å². The Morgan fingerprint density at radius 2 is 2.27 bits per heavy atom. The third-order valence-corrected chi connectivity index (χ3v) is 5.34. The summed E-state index contributed by atoms with van der Waals surface area (Å²) in [7, 11) is 0. The molecule has 0 radical (unpaired) electrons. The molecule has 2 aliphatic heterocycles. The Hall–Kier alpha value is -2.92. The first-order valence-electron chi connectivity index (χ1n) is 8.78. The molecule has 5 rings (SSSR count). The van der Waals surface area contributed by atoms with Crippen LogP contribution >= 0.6 is 0 Å². The Balaban J connectivity index is 1.63. The Morgan fingerprint density at radius 1 is 1.38 bits per heavy atom. The van der Waals surface area contributed by atoms with E-state index in [0.717, 1.165) is 37.4 Å². The smallest absolute Gasteiger partial charge is 0.171 e. The molecule has 3 aromatic heterocycles. The fourth-order valence-corrected chi connectivity index (χ4v) is 4.15. The lowest BCUT2D eigenvalue weighted by molar-refractivity contribution is 0.423. The van der Waals surface area contributed by atoms with Crippen LogP contribution in [-0.2, 0) is 19.5 Å². The molecule has 0 aliphatic carbocycles. The van der Waals surface area contributed by atoms with Gasteiger partial charge in [0.1, 0.15) is 17.3 Å². The monoisotopic (exact) mass is 351 g/mol. The number of halogens is 1. The quantitative estimate of drug-likeness (QED) is 0.723. The van der Waals surface area contributed by atoms with Crippen molar-refractivity contribution in [3.05, 3.63) is 46.8 Å². The minimum Gasteiger partial charge on any atom is -0.362 e.